The van der Waals surface area contributed by atoms with Gasteiger partial charge < -0.3 is 4.90 Å². The number of carbonyl (C=O) groups excluding carboxylic acids is 1. The van der Waals surface area contributed by atoms with E-state index in [4.69, 9.17) is 0 Å². The standard InChI is InChI=1S/C23H29N3O/c1-6-10-25-14-19(5)26(15-18(25)4)23(27)21-9-7-8-20(13-21)22-11-16(2)24-17(3)12-22/h6-9,11-13,18-19H,1,10,14-15H2,2-5H3/t18-,19-/m1/s1. The van der Waals surface area contributed by atoms with Crippen LogP contribution in [0.25, 0.3) is 11.1 Å². The first kappa shape index (κ1) is 19.3. The minimum absolute atomic E-state index is 0.108. The molecule has 2 aromatic rings. The van der Waals surface area contributed by atoms with E-state index in [1.807, 2.05) is 43.0 Å². The highest BCUT2D eigenvalue weighted by atomic mass is 16.2. The Hall–Kier alpha value is -2.46. The molecule has 2 heterocycles. The Labute approximate surface area is 162 Å². The number of nitrogens with zero attached hydrogens (tertiary/aromatic N) is 3. The van der Waals surface area contributed by atoms with Crippen LogP contribution in [-0.4, -0.2) is 52.4 Å². The quantitative estimate of drug-likeness (QED) is 0.768. The summed E-state index contributed by atoms with van der Waals surface area (Å²) >= 11 is 0. The van der Waals surface area contributed by atoms with Gasteiger partial charge >= 0.3 is 0 Å². The highest BCUT2D eigenvalue weighted by Gasteiger charge is 2.31. The van der Waals surface area contributed by atoms with Crippen LogP contribution >= 0.6 is 0 Å². The second kappa shape index (κ2) is 8.05. The van der Waals surface area contributed by atoms with Crippen molar-refractivity contribution in [1.82, 2.24) is 14.8 Å². The van der Waals surface area contributed by atoms with Crippen LogP contribution in [0.5, 0.6) is 0 Å². The van der Waals surface area contributed by atoms with Gasteiger partial charge in [-0.1, -0.05) is 18.2 Å². The maximum absolute atomic E-state index is 13.2. The number of hydrogen-bond acceptors (Lipinski definition) is 3. The van der Waals surface area contributed by atoms with Gasteiger partial charge in [0.25, 0.3) is 5.91 Å². The summed E-state index contributed by atoms with van der Waals surface area (Å²) in [6.07, 6.45) is 1.93. The van der Waals surface area contributed by atoms with Crippen molar-refractivity contribution in [3.8, 4) is 11.1 Å². The van der Waals surface area contributed by atoms with Crippen LogP contribution < -0.4 is 0 Å². The average Bonchev–Trinajstić information content (AvgIpc) is 2.63. The Morgan fingerprint density at radius 3 is 2.48 bits per heavy atom. The summed E-state index contributed by atoms with van der Waals surface area (Å²) in [4.78, 5) is 22.0. The Morgan fingerprint density at radius 1 is 1.11 bits per heavy atom. The van der Waals surface area contributed by atoms with Crippen molar-refractivity contribution in [1.29, 1.82) is 0 Å². The number of aromatic nitrogens is 1. The van der Waals surface area contributed by atoms with Crippen LogP contribution in [0.1, 0.15) is 35.6 Å². The third-order valence-corrected chi connectivity index (χ3v) is 5.26. The molecule has 0 radical (unpaired) electrons. The van der Waals surface area contributed by atoms with Gasteiger partial charge in [0.05, 0.1) is 0 Å². The lowest BCUT2D eigenvalue weighted by molar-refractivity contribution is 0.0355. The molecule has 0 aliphatic carbocycles. The third-order valence-electron chi connectivity index (χ3n) is 5.26. The molecule has 0 saturated carbocycles. The number of aryl methyl sites for hydroxylation is 2. The number of carbonyl (C=O) groups is 1. The van der Waals surface area contributed by atoms with Crippen LogP contribution in [0.15, 0.2) is 49.1 Å². The monoisotopic (exact) mass is 363 g/mol. The number of hydrogen-bond donors (Lipinski definition) is 0. The molecule has 0 N–H and O–H groups in total. The molecule has 27 heavy (non-hydrogen) atoms. The van der Waals surface area contributed by atoms with E-state index in [-0.39, 0.29) is 11.9 Å². The molecule has 1 aromatic carbocycles. The highest BCUT2D eigenvalue weighted by Crippen LogP contribution is 2.24. The fraction of sp³-hybridized carbons (Fsp3) is 0.391. The molecule has 1 aliphatic heterocycles. The number of pyridine rings is 1. The van der Waals surface area contributed by atoms with Gasteiger partial charge in [0.2, 0.25) is 0 Å². The molecule has 142 valence electrons. The van der Waals surface area contributed by atoms with Crippen molar-refractivity contribution in [2.24, 2.45) is 0 Å². The van der Waals surface area contributed by atoms with E-state index in [0.717, 1.165) is 47.7 Å². The summed E-state index contributed by atoms with van der Waals surface area (Å²) < 4.78 is 0. The fourth-order valence-corrected chi connectivity index (χ4v) is 3.90. The molecule has 2 atom stereocenters. The summed E-state index contributed by atoms with van der Waals surface area (Å²) in [7, 11) is 0. The van der Waals surface area contributed by atoms with E-state index in [0.29, 0.717) is 6.04 Å². The number of rotatable bonds is 4. The molecule has 3 rings (SSSR count). The lowest BCUT2D eigenvalue weighted by Crippen LogP contribution is -2.57. The van der Waals surface area contributed by atoms with Gasteiger partial charge in [0.1, 0.15) is 0 Å². The summed E-state index contributed by atoms with van der Waals surface area (Å²) in [6, 6.07) is 12.6. The zero-order chi connectivity index (χ0) is 19.6. The Morgan fingerprint density at radius 2 is 1.81 bits per heavy atom. The predicted molar refractivity (Wildman–Crippen MR) is 111 cm³/mol. The second-order valence-electron chi connectivity index (χ2n) is 7.62. The van der Waals surface area contributed by atoms with Crippen molar-refractivity contribution in [2.75, 3.05) is 19.6 Å². The van der Waals surface area contributed by atoms with Gasteiger partial charge in [-0.2, -0.15) is 0 Å². The van der Waals surface area contributed by atoms with E-state index in [2.05, 4.69) is 48.5 Å². The molecule has 4 heteroatoms. The maximum atomic E-state index is 13.2. The van der Waals surface area contributed by atoms with Crippen molar-refractivity contribution in [3.05, 3.63) is 66.0 Å². The highest BCUT2D eigenvalue weighted by molar-refractivity contribution is 5.95. The van der Waals surface area contributed by atoms with Crippen molar-refractivity contribution >= 4 is 5.91 Å². The van der Waals surface area contributed by atoms with E-state index in [9.17, 15) is 4.79 Å². The Kier molecular flexibility index (Phi) is 5.76. The van der Waals surface area contributed by atoms with Gasteiger partial charge in [-0.25, -0.2) is 0 Å². The van der Waals surface area contributed by atoms with Crippen LogP contribution in [0.3, 0.4) is 0 Å². The summed E-state index contributed by atoms with van der Waals surface area (Å²) in [6.45, 7) is 14.6. The lowest BCUT2D eigenvalue weighted by atomic mass is 10.0. The maximum Gasteiger partial charge on any atom is 0.254 e. The molecule has 1 aromatic heterocycles. The van der Waals surface area contributed by atoms with Gasteiger partial charge in [-0.05, 0) is 63.1 Å². The molecule has 4 nitrogen and oxygen atoms in total. The van der Waals surface area contributed by atoms with Gasteiger partial charge in [0.15, 0.2) is 0 Å². The summed E-state index contributed by atoms with van der Waals surface area (Å²) in [5.41, 5.74) is 4.88. The minimum Gasteiger partial charge on any atom is -0.333 e. The molecular formula is C23H29N3O. The number of piperazine rings is 1. The van der Waals surface area contributed by atoms with Crippen molar-refractivity contribution < 1.29 is 4.79 Å². The zero-order valence-electron chi connectivity index (χ0n) is 16.8. The van der Waals surface area contributed by atoms with Crippen LogP contribution in [0.2, 0.25) is 0 Å². The number of amides is 1. The molecule has 0 unspecified atom stereocenters. The van der Waals surface area contributed by atoms with Crippen molar-refractivity contribution in [3.63, 3.8) is 0 Å². The first-order valence-electron chi connectivity index (χ1n) is 9.60. The Balaban J connectivity index is 1.84. The first-order chi connectivity index (χ1) is 12.9. The SMILES string of the molecule is C=CCN1C[C@@H](C)N(C(=O)c2cccc(-c3cc(C)nc(C)c3)c2)C[C@H]1C. The van der Waals surface area contributed by atoms with E-state index < -0.39 is 0 Å². The molecule has 1 saturated heterocycles. The molecular weight excluding hydrogens is 334 g/mol. The smallest absolute Gasteiger partial charge is 0.254 e. The second-order valence-corrected chi connectivity index (χ2v) is 7.62. The third kappa shape index (κ3) is 4.28. The number of benzene rings is 1. The normalized spacial score (nSPS) is 20.5. The van der Waals surface area contributed by atoms with Crippen LogP contribution in [-0.2, 0) is 0 Å². The topological polar surface area (TPSA) is 36.4 Å². The molecule has 0 bridgehead atoms. The molecule has 1 aliphatic rings. The van der Waals surface area contributed by atoms with Crippen LogP contribution in [0, 0.1) is 13.8 Å². The summed E-state index contributed by atoms with van der Waals surface area (Å²) in [5, 5.41) is 0. The molecule has 0 spiro atoms. The lowest BCUT2D eigenvalue weighted by Gasteiger charge is -2.43. The largest absolute Gasteiger partial charge is 0.333 e. The zero-order valence-corrected chi connectivity index (χ0v) is 16.8. The molecule has 1 fully saturated rings. The predicted octanol–water partition coefficient (Wildman–Crippen LogP) is 4.09. The van der Waals surface area contributed by atoms with Crippen molar-refractivity contribution in [2.45, 2.75) is 39.8 Å². The average molecular weight is 364 g/mol. The van der Waals surface area contributed by atoms with Gasteiger partial charge in [-0.15, -0.1) is 6.58 Å². The van der Waals surface area contributed by atoms with Crippen LogP contribution in [0.4, 0.5) is 0 Å². The Bertz CT molecular complexity index is 825. The van der Waals surface area contributed by atoms with Gasteiger partial charge in [-0.3, -0.25) is 14.7 Å². The molecule has 1 amide bonds. The van der Waals surface area contributed by atoms with Gasteiger partial charge in [0, 0.05) is 48.7 Å². The summed E-state index contributed by atoms with van der Waals surface area (Å²) in [5.74, 6) is 0.108. The van der Waals surface area contributed by atoms with E-state index in [1.165, 1.54) is 0 Å². The van der Waals surface area contributed by atoms with E-state index in [1.54, 1.807) is 0 Å². The minimum atomic E-state index is 0.108. The fourth-order valence-electron chi connectivity index (χ4n) is 3.90. The first-order valence-corrected chi connectivity index (χ1v) is 9.60. The van der Waals surface area contributed by atoms with E-state index >= 15 is 0 Å².